The van der Waals surface area contributed by atoms with Crippen LogP contribution < -0.4 is 10.4 Å². The van der Waals surface area contributed by atoms with Crippen molar-refractivity contribution in [3.8, 4) is 0 Å². The van der Waals surface area contributed by atoms with E-state index in [2.05, 4.69) is 10.2 Å². The molecule has 0 fully saturated rings. The highest BCUT2D eigenvalue weighted by molar-refractivity contribution is 5.98. The van der Waals surface area contributed by atoms with Gasteiger partial charge in [0, 0.05) is 5.56 Å². The highest BCUT2D eigenvalue weighted by Gasteiger charge is 2.20. The largest absolute Gasteiger partial charge is 0.351 e. The summed E-state index contributed by atoms with van der Waals surface area (Å²) in [6.07, 6.45) is 1.61. The second-order valence-corrected chi connectivity index (χ2v) is 3.49. The van der Waals surface area contributed by atoms with E-state index < -0.39 is 6.03 Å². The monoisotopic (exact) mass is 232 g/mol. The molecule has 88 valence electrons. The van der Waals surface area contributed by atoms with Gasteiger partial charge in [0.25, 0.3) is 0 Å². The Balaban J connectivity index is 2.47. The van der Waals surface area contributed by atoms with Gasteiger partial charge >= 0.3 is 6.03 Å². The van der Waals surface area contributed by atoms with Gasteiger partial charge in [0.1, 0.15) is 5.82 Å². The van der Waals surface area contributed by atoms with Crippen molar-refractivity contribution in [3.63, 3.8) is 0 Å². The van der Waals surface area contributed by atoms with Gasteiger partial charge in [0.15, 0.2) is 0 Å². The summed E-state index contributed by atoms with van der Waals surface area (Å²) >= 11 is 0. The third kappa shape index (κ3) is 2.11. The minimum absolute atomic E-state index is 0.516. The Morgan fingerprint density at radius 3 is 2.65 bits per heavy atom. The Morgan fingerprint density at radius 1 is 1.41 bits per heavy atom. The van der Waals surface area contributed by atoms with Crippen molar-refractivity contribution in [1.29, 1.82) is 0 Å². The van der Waals surface area contributed by atoms with E-state index in [4.69, 9.17) is 5.21 Å². The van der Waals surface area contributed by atoms with Crippen molar-refractivity contribution >= 4 is 17.5 Å². The van der Waals surface area contributed by atoms with Crippen molar-refractivity contribution in [1.82, 2.24) is 15.7 Å². The number of nitrogens with one attached hydrogen (secondary N) is 2. The number of carbonyl (C=O) groups is 1. The Morgan fingerprint density at radius 2 is 2.12 bits per heavy atom. The minimum Gasteiger partial charge on any atom is -0.287 e. The van der Waals surface area contributed by atoms with Crippen LogP contribution >= 0.6 is 0 Å². The predicted molar refractivity (Wildman–Crippen MR) is 62.2 cm³/mol. The lowest BCUT2D eigenvalue weighted by Gasteiger charge is -2.20. The number of rotatable bonds is 2. The number of nitrogens with zero attached hydrogens (tertiary/aromatic N) is 2. The highest BCUT2D eigenvalue weighted by Crippen LogP contribution is 2.25. The molecule has 0 unspecified atom stereocenters. The van der Waals surface area contributed by atoms with Crippen molar-refractivity contribution in [2.75, 3.05) is 4.90 Å². The van der Waals surface area contributed by atoms with Gasteiger partial charge in [-0.05, 0) is 19.1 Å². The van der Waals surface area contributed by atoms with Gasteiger partial charge in [-0.2, -0.15) is 5.10 Å². The molecular formula is C11H12N4O2. The van der Waals surface area contributed by atoms with Crippen molar-refractivity contribution in [2.24, 2.45) is 0 Å². The van der Waals surface area contributed by atoms with Crippen LogP contribution in [0.3, 0.4) is 0 Å². The van der Waals surface area contributed by atoms with Gasteiger partial charge in [0.2, 0.25) is 0 Å². The number of hydroxylamine groups is 1. The van der Waals surface area contributed by atoms with Crippen molar-refractivity contribution < 1.29 is 10.0 Å². The number of aryl methyl sites for hydroxylation is 1. The number of aromatic amines is 1. The topological polar surface area (TPSA) is 81.2 Å². The second kappa shape index (κ2) is 4.67. The molecule has 0 aliphatic rings. The van der Waals surface area contributed by atoms with Crippen molar-refractivity contribution in [3.05, 3.63) is 42.1 Å². The maximum Gasteiger partial charge on any atom is 0.351 e. The SMILES string of the molecule is Cc1cn[nH]c1N(C(=O)NO)c1ccccc1. The van der Waals surface area contributed by atoms with E-state index in [1.807, 2.05) is 13.0 Å². The molecule has 2 rings (SSSR count). The zero-order valence-corrected chi connectivity index (χ0v) is 9.21. The van der Waals surface area contributed by atoms with Gasteiger partial charge in [-0.3, -0.25) is 10.3 Å². The van der Waals surface area contributed by atoms with E-state index in [-0.39, 0.29) is 0 Å². The van der Waals surface area contributed by atoms with E-state index >= 15 is 0 Å². The first-order chi connectivity index (χ1) is 8.24. The molecule has 0 saturated carbocycles. The molecule has 17 heavy (non-hydrogen) atoms. The zero-order chi connectivity index (χ0) is 12.3. The molecule has 2 amide bonds. The molecule has 0 spiro atoms. The fourth-order valence-electron chi connectivity index (χ4n) is 1.54. The van der Waals surface area contributed by atoms with Gasteiger partial charge in [0.05, 0.1) is 11.9 Å². The number of H-pyrrole nitrogens is 1. The van der Waals surface area contributed by atoms with Crippen LogP contribution in [-0.4, -0.2) is 21.4 Å². The number of hydrogen-bond donors (Lipinski definition) is 3. The number of benzene rings is 1. The Bertz CT molecular complexity index is 509. The molecule has 6 heteroatoms. The number of anilines is 2. The maximum atomic E-state index is 11.7. The lowest BCUT2D eigenvalue weighted by molar-refractivity contribution is 0.168. The minimum atomic E-state index is -0.649. The number of carbonyl (C=O) groups excluding carboxylic acids is 1. The molecule has 1 heterocycles. The molecule has 0 saturated heterocycles. The summed E-state index contributed by atoms with van der Waals surface area (Å²) in [5.74, 6) is 0.516. The molecule has 3 N–H and O–H groups in total. The Labute approximate surface area is 97.8 Å². The first-order valence-electron chi connectivity index (χ1n) is 5.03. The second-order valence-electron chi connectivity index (χ2n) is 3.49. The van der Waals surface area contributed by atoms with Crippen LogP contribution in [0.15, 0.2) is 36.5 Å². The molecule has 2 aromatic rings. The summed E-state index contributed by atoms with van der Waals surface area (Å²) in [6, 6.07) is 8.32. The van der Waals surface area contributed by atoms with Crippen molar-refractivity contribution in [2.45, 2.75) is 6.92 Å². The molecule has 1 aromatic carbocycles. The Kier molecular flexibility index (Phi) is 3.06. The normalized spacial score (nSPS) is 10.0. The number of amides is 2. The lowest BCUT2D eigenvalue weighted by Crippen LogP contribution is -2.35. The van der Waals surface area contributed by atoms with Crippen LogP contribution in [0.2, 0.25) is 0 Å². The third-order valence-corrected chi connectivity index (χ3v) is 2.34. The fraction of sp³-hybridized carbons (Fsp3) is 0.0909. The number of aromatic nitrogens is 2. The molecule has 0 atom stereocenters. The predicted octanol–water partition coefficient (Wildman–Crippen LogP) is 1.96. The van der Waals surface area contributed by atoms with Crippen LogP contribution in [0.5, 0.6) is 0 Å². The summed E-state index contributed by atoms with van der Waals surface area (Å²) in [7, 11) is 0. The average molecular weight is 232 g/mol. The Hall–Kier alpha value is -2.34. The smallest absolute Gasteiger partial charge is 0.287 e. The molecule has 6 nitrogen and oxygen atoms in total. The van der Waals surface area contributed by atoms with E-state index in [1.54, 1.807) is 35.9 Å². The zero-order valence-electron chi connectivity index (χ0n) is 9.21. The first kappa shape index (κ1) is 11.2. The van der Waals surface area contributed by atoms with E-state index in [0.29, 0.717) is 11.5 Å². The molecule has 0 aliphatic carbocycles. The van der Waals surface area contributed by atoms with Gasteiger partial charge < -0.3 is 0 Å². The fourth-order valence-corrected chi connectivity index (χ4v) is 1.54. The summed E-state index contributed by atoms with van der Waals surface area (Å²) in [5.41, 5.74) is 3.05. The van der Waals surface area contributed by atoms with E-state index in [1.165, 1.54) is 4.90 Å². The van der Waals surface area contributed by atoms with Crippen LogP contribution in [-0.2, 0) is 0 Å². The lowest BCUT2D eigenvalue weighted by atomic mass is 10.2. The first-order valence-corrected chi connectivity index (χ1v) is 5.03. The van der Waals surface area contributed by atoms with Gasteiger partial charge in [-0.25, -0.2) is 15.2 Å². The van der Waals surface area contributed by atoms with Crippen LogP contribution in [0, 0.1) is 6.92 Å². The van der Waals surface area contributed by atoms with Crippen LogP contribution in [0.4, 0.5) is 16.3 Å². The summed E-state index contributed by atoms with van der Waals surface area (Å²) in [6.45, 7) is 1.82. The van der Waals surface area contributed by atoms with E-state index in [9.17, 15) is 4.79 Å². The molecule has 0 bridgehead atoms. The maximum absolute atomic E-state index is 11.7. The number of urea groups is 1. The quantitative estimate of drug-likeness (QED) is 0.546. The summed E-state index contributed by atoms with van der Waals surface area (Å²) in [4.78, 5) is 13.0. The number of hydrogen-bond acceptors (Lipinski definition) is 3. The summed E-state index contributed by atoms with van der Waals surface area (Å²) in [5, 5.41) is 15.4. The third-order valence-electron chi connectivity index (χ3n) is 2.34. The molecule has 0 aliphatic heterocycles. The van der Waals surface area contributed by atoms with Crippen LogP contribution in [0.25, 0.3) is 0 Å². The summed E-state index contributed by atoms with van der Waals surface area (Å²) < 4.78 is 0. The van der Waals surface area contributed by atoms with E-state index in [0.717, 1.165) is 5.56 Å². The standard InChI is InChI=1S/C11H12N4O2/c1-8-7-12-13-10(8)15(11(16)14-17)9-5-3-2-4-6-9/h2-7,17H,1H3,(H,12,13)(H,14,16). The molecule has 0 radical (unpaired) electrons. The highest BCUT2D eigenvalue weighted by atomic mass is 16.5. The average Bonchev–Trinajstić information content (AvgIpc) is 2.77. The molecular weight excluding hydrogens is 220 g/mol. The van der Waals surface area contributed by atoms with Gasteiger partial charge in [-0.15, -0.1) is 0 Å². The molecule has 1 aromatic heterocycles. The van der Waals surface area contributed by atoms with Crippen LogP contribution in [0.1, 0.15) is 5.56 Å². The van der Waals surface area contributed by atoms with Gasteiger partial charge in [-0.1, -0.05) is 18.2 Å². The number of para-hydroxylation sites is 1.